The molecule has 5 nitrogen and oxygen atoms in total. The molecule has 0 N–H and O–H groups in total. The molecule has 1 aliphatic carbocycles. The van der Waals surface area contributed by atoms with E-state index in [9.17, 15) is 5.48 Å². The van der Waals surface area contributed by atoms with E-state index in [2.05, 4.69) is 96.0 Å². The van der Waals surface area contributed by atoms with Gasteiger partial charge in [0, 0.05) is 61.3 Å². The van der Waals surface area contributed by atoms with Crippen LogP contribution in [0.3, 0.4) is 0 Å². The molecular weight excluding hydrogens is 901 g/mol. The zero-order valence-electron chi connectivity index (χ0n) is 48.2. The molecule has 1 saturated carbocycles. The smallest absolute Gasteiger partial charge is 0.227 e. The Kier molecular flexibility index (Phi) is 11.4. The second-order valence-electron chi connectivity index (χ2n) is 19.7. The minimum Gasteiger partial charge on any atom is -0.437 e. The van der Waals surface area contributed by atoms with Gasteiger partial charge < -0.3 is 4.42 Å². The van der Waals surface area contributed by atoms with Crippen molar-refractivity contribution in [3.8, 4) is 67.2 Å². The molecule has 3 unspecified atom stereocenters. The molecule has 0 spiro atoms. The Morgan fingerprint density at radius 1 is 0.446 bits per heavy atom. The van der Waals surface area contributed by atoms with Gasteiger partial charge in [0.15, 0.2) is 0 Å². The van der Waals surface area contributed by atoms with Crippen LogP contribution < -0.4 is 0 Å². The molecule has 5 heteroatoms. The molecule has 0 aliphatic heterocycles. The molecular formula is C69H60N4O. The fourth-order valence-electron chi connectivity index (χ4n) is 10.8. The van der Waals surface area contributed by atoms with Crippen LogP contribution in [-0.2, 0) is 19.3 Å². The summed E-state index contributed by atoms with van der Waals surface area (Å²) < 4.78 is 70.2. The molecule has 74 heavy (non-hydrogen) atoms. The molecule has 3 atom stereocenters. The number of aromatic nitrogens is 4. The van der Waals surface area contributed by atoms with Gasteiger partial charge in [0.25, 0.3) is 0 Å². The van der Waals surface area contributed by atoms with Crippen LogP contribution in [0.4, 0.5) is 0 Å². The van der Waals surface area contributed by atoms with E-state index < -0.39 is 31.4 Å². The summed E-state index contributed by atoms with van der Waals surface area (Å²) in [6.45, 7) is -2.40. The third-order valence-corrected chi connectivity index (χ3v) is 14.7. The Labute approximate surface area is 444 Å². The van der Waals surface area contributed by atoms with E-state index in [1.54, 1.807) is 18.5 Å². The first-order chi connectivity index (χ1) is 39.2. The Bertz CT molecular complexity index is 3960. The van der Waals surface area contributed by atoms with Crippen molar-refractivity contribution in [3.63, 3.8) is 0 Å². The molecule has 6 aromatic carbocycles. The van der Waals surface area contributed by atoms with E-state index in [1.807, 2.05) is 103 Å². The fraction of sp³-hybridized carbons (Fsp3) is 0.188. The normalized spacial score (nSPS) is 17.6. The molecule has 12 rings (SSSR count). The van der Waals surface area contributed by atoms with Gasteiger partial charge in [0.1, 0.15) is 5.58 Å². The average Bonchev–Trinajstić information content (AvgIpc) is 3.93. The molecule has 0 saturated heterocycles. The highest BCUT2D eigenvalue weighted by molar-refractivity contribution is 6.08. The highest BCUT2D eigenvalue weighted by atomic mass is 16.3. The van der Waals surface area contributed by atoms with Crippen LogP contribution in [-0.4, -0.2) is 19.9 Å². The van der Waals surface area contributed by atoms with Crippen molar-refractivity contribution in [2.24, 2.45) is 17.8 Å². The number of aryl methyl sites for hydroxylation is 4. The van der Waals surface area contributed by atoms with Crippen molar-refractivity contribution in [2.75, 3.05) is 0 Å². The Morgan fingerprint density at radius 2 is 1.03 bits per heavy atom. The van der Waals surface area contributed by atoms with Crippen LogP contribution >= 0.6 is 0 Å². The second-order valence-corrected chi connectivity index (χ2v) is 19.7. The third kappa shape index (κ3) is 10.5. The van der Waals surface area contributed by atoms with E-state index >= 15 is 0 Å². The van der Waals surface area contributed by atoms with E-state index in [4.69, 9.17) is 23.5 Å². The Hall–Kier alpha value is -8.28. The molecule has 0 radical (unpaired) electrons. The highest BCUT2D eigenvalue weighted by Crippen LogP contribution is 2.42. The van der Waals surface area contributed by atoms with Gasteiger partial charge in [-0.1, -0.05) is 158 Å². The zero-order chi connectivity index (χ0) is 55.7. The number of fused-ring (bicyclic) bond motifs is 3. The maximum absolute atomic E-state index is 10.1. The number of para-hydroxylation sites is 1. The number of hydrogen-bond donors (Lipinski definition) is 0. The van der Waals surface area contributed by atoms with Gasteiger partial charge in [-0.2, -0.15) is 0 Å². The Morgan fingerprint density at radius 3 is 1.73 bits per heavy atom. The summed E-state index contributed by atoms with van der Waals surface area (Å²) in [6.07, 6.45) is 5.52. The maximum atomic E-state index is 10.1. The molecule has 11 aromatic rings. The largest absolute Gasteiger partial charge is 0.437 e. The van der Waals surface area contributed by atoms with Gasteiger partial charge in [-0.25, -0.2) is 4.98 Å². The van der Waals surface area contributed by atoms with Crippen LogP contribution in [0.5, 0.6) is 0 Å². The van der Waals surface area contributed by atoms with E-state index in [0.717, 1.165) is 90.8 Å². The van der Waals surface area contributed by atoms with Crippen molar-refractivity contribution >= 4 is 22.1 Å². The van der Waals surface area contributed by atoms with Gasteiger partial charge in [-0.3, -0.25) is 15.0 Å². The second kappa shape index (κ2) is 21.4. The maximum Gasteiger partial charge on any atom is 0.227 e. The predicted octanol–water partition coefficient (Wildman–Crippen LogP) is 17.7. The number of furan rings is 1. The summed E-state index contributed by atoms with van der Waals surface area (Å²) >= 11 is 0. The first kappa shape index (κ1) is 39.3. The van der Waals surface area contributed by atoms with Gasteiger partial charge in [0.2, 0.25) is 5.71 Å². The average molecular weight is 968 g/mol. The summed E-state index contributed by atoms with van der Waals surface area (Å²) in [5.74, 6) is -0.820. The number of rotatable bonds is 15. The first-order valence-electron chi connectivity index (χ1n) is 29.3. The number of nitrogens with zero attached hydrogens (tertiary/aromatic N) is 4. The van der Waals surface area contributed by atoms with E-state index in [1.165, 1.54) is 6.07 Å². The minimum atomic E-state index is -2.40. The molecule has 0 amide bonds. The SMILES string of the molecule is [2H]C([2H])([2H])c1ccc2c(n1)oc1c(-c3cc(-c4ccc(-c5ccccc5)cc4)c(CC([2H])([2H])C4CC(CCc5ccc(-c6ccccc6)nc5)CC(C([2H])([2H])Cc5ccc(-c6cccc(-c7ccccc7)c6)nc5)C4)cn3)cccc12. The lowest BCUT2D eigenvalue weighted by molar-refractivity contribution is 0.172. The van der Waals surface area contributed by atoms with Gasteiger partial charge in [-0.15, -0.1) is 0 Å². The third-order valence-electron chi connectivity index (χ3n) is 14.7. The zero-order valence-corrected chi connectivity index (χ0v) is 41.2. The lowest BCUT2D eigenvalue weighted by atomic mass is 9.70. The van der Waals surface area contributed by atoms with Gasteiger partial charge >= 0.3 is 0 Å². The summed E-state index contributed by atoms with van der Waals surface area (Å²) in [5, 5.41) is 1.48. The highest BCUT2D eigenvalue weighted by Gasteiger charge is 2.29. The monoisotopic (exact) mass is 968 g/mol. The summed E-state index contributed by atoms with van der Waals surface area (Å²) in [6, 6.07) is 66.5. The quantitative estimate of drug-likeness (QED) is 0.102. The van der Waals surface area contributed by atoms with E-state index in [0.29, 0.717) is 41.5 Å². The van der Waals surface area contributed by atoms with Crippen molar-refractivity contribution < 1.29 is 14.0 Å². The van der Waals surface area contributed by atoms with Crippen molar-refractivity contribution in [1.82, 2.24) is 19.9 Å². The molecule has 5 aromatic heterocycles. The predicted molar refractivity (Wildman–Crippen MR) is 304 cm³/mol. The summed E-state index contributed by atoms with van der Waals surface area (Å²) in [7, 11) is 0. The minimum absolute atomic E-state index is 0.0456. The van der Waals surface area contributed by atoms with E-state index in [-0.39, 0.29) is 30.2 Å². The lowest BCUT2D eigenvalue weighted by Crippen LogP contribution is -2.24. The molecule has 0 bridgehead atoms. The molecule has 5 heterocycles. The summed E-state index contributed by atoms with van der Waals surface area (Å²) in [4.78, 5) is 19.1. The van der Waals surface area contributed by atoms with Crippen molar-refractivity contribution in [3.05, 3.63) is 241 Å². The number of pyridine rings is 4. The Balaban J connectivity index is 0.857. The lowest BCUT2D eigenvalue weighted by Gasteiger charge is -2.35. The van der Waals surface area contributed by atoms with Crippen LogP contribution in [0.2, 0.25) is 0 Å². The van der Waals surface area contributed by atoms with Crippen molar-refractivity contribution in [1.29, 1.82) is 0 Å². The van der Waals surface area contributed by atoms with Crippen LogP contribution in [0, 0.1) is 24.6 Å². The first-order valence-corrected chi connectivity index (χ1v) is 25.8. The molecule has 362 valence electrons. The molecule has 1 aliphatic rings. The fourth-order valence-corrected chi connectivity index (χ4v) is 10.8. The van der Waals surface area contributed by atoms with Crippen LogP contribution in [0.25, 0.3) is 89.2 Å². The van der Waals surface area contributed by atoms with Gasteiger partial charge in [0.05, 0.1) is 17.1 Å². The topological polar surface area (TPSA) is 64.7 Å². The number of benzene rings is 6. The van der Waals surface area contributed by atoms with Crippen molar-refractivity contribution in [2.45, 2.75) is 64.5 Å². The van der Waals surface area contributed by atoms with Crippen LogP contribution in [0.1, 0.15) is 70.4 Å². The van der Waals surface area contributed by atoms with Gasteiger partial charge in [-0.05, 0) is 175 Å². The summed E-state index contributed by atoms with van der Waals surface area (Å²) in [5.41, 5.74) is 14.5. The molecule has 1 fully saturated rings. The standard InChI is InChI=1S/C69H60N4O/c1-47-23-36-62-61-21-12-22-63(68(61)74-69(62)73-47)67-43-64(56-34-32-55(33-35-56)53-13-5-2-6-14-53)60(46-72-67)31-28-52-40-50(26-24-48-29-37-65(70-44-48)57-17-9-4-10-18-57)39-51(41-52)27-25-49-30-38-66(71-45-49)59-20-11-19-58(42-59)54-15-7-3-8-16-54/h2-23,29-30,32-38,42-46,50-52H,24-28,31,39-41H2,1H3/i1D3,27D2,28D2. The number of hydrogen-bond acceptors (Lipinski definition) is 5. The van der Waals surface area contributed by atoms with Crippen LogP contribution in [0.15, 0.2) is 223 Å².